The summed E-state index contributed by atoms with van der Waals surface area (Å²) in [6.07, 6.45) is 6.00. The van der Waals surface area contributed by atoms with Crippen LogP contribution in [0.15, 0.2) is 109 Å². The van der Waals surface area contributed by atoms with Crippen molar-refractivity contribution in [1.82, 2.24) is 0 Å². The van der Waals surface area contributed by atoms with Gasteiger partial charge in [-0.25, -0.2) is 0 Å². The summed E-state index contributed by atoms with van der Waals surface area (Å²) in [5.74, 6) is 0. The monoisotopic (exact) mass is 381 g/mol. The third-order valence-corrected chi connectivity index (χ3v) is 5.72. The predicted octanol–water partition coefficient (Wildman–Crippen LogP) is 6.52. The molecule has 3 aromatic carbocycles. The normalized spacial score (nSPS) is 16.1. The van der Waals surface area contributed by atoms with Gasteiger partial charge in [-0.15, -0.1) is 6.58 Å². The number of rotatable bonds is 8. The summed E-state index contributed by atoms with van der Waals surface area (Å²) >= 11 is 0. The molecule has 0 aliphatic carbocycles. The molecule has 2 heteroatoms. The molecule has 146 valence electrons. The lowest BCUT2D eigenvalue weighted by Gasteiger charge is -2.35. The Bertz CT molecular complexity index is 851. The molecule has 2 nitrogen and oxygen atoms in total. The summed E-state index contributed by atoms with van der Waals surface area (Å²) in [4.78, 5) is 5.94. The van der Waals surface area contributed by atoms with Gasteiger partial charge in [0.1, 0.15) is 6.10 Å². The molecule has 0 N–H and O–H groups in total. The van der Waals surface area contributed by atoms with E-state index in [2.05, 4.69) is 103 Å². The van der Waals surface area contributed by atoms with Crippen molar-refractivity contribution in [3.63, 3.8) is 0 Å². The van der Waals surface area contributed by atoms with E-state index in [4.69, 9.17) is 4.84 Å². The Kier molecular flexibility index (Phi) is 5.90. The summed E-state index contributed by atoms with van der Waals surface area (Å²) in [6.45, 7) is 3.83. The molecule has 1 aliphatic rings. The number of hydrogen-bond acceptors (Lipinski definition) is 2. The zero-order chi connectivity index (χ0) is 19.9. The van der Waals surface area contributed by atoms with Gasteiger partial charge in [-0.2, -0.15) is 0 Å². The van der Waals surface area contributed by atoms with Gasteiger partial charge in [0.05, 0.1) is 11.1 Å². The maximum Gasteiger partial charge on any atom is 0.132 e. The molecule has 1 aliphatic heterocycles. The number of allylic oxidation sites excluding steroid dienone is 1. The first-order valence-electron chi connectivity index (χ1n) is 10.4. The van der Waals surface area contributed by atoms with Crippen LogP contribution in [0.3, 0.4) is 0 Å². The Morgan fingerprint density at radius 2 is 1.31 bits per heavy atom. The van der Waals surface area contributed by atoms with E-state index >= 15 is 0 Å². The fraction of sp³-hybridized carbons (Fsp3) is 0.222. The number of nitrogens with zero attached hydrogens (tertiary/aromatic N) is 1. The van der Waals surface area contributed by atoms with Crippen LogP contribution in [0.1, 0.15) is 42.4 Å². The molecule has 1 unspecified atom stereocenters. The first-order chi connectivity index (χ1) is 14.4. The molecule has 0 radical (unpaired) electrons. The van der Waals surface area contributed by atoms with Crippen LogP contribution >= 0.6 is 0 Å². The lowest BCUT2D eigenvalue weighted by atomic mass is 9.65. The van der Waals surface area contributed by atoms with Gasteiger partial charge in [-0.05, 0) is 36.0 Å². The van der Waals surface area contributed by atoms with Gasteiger partial charge < -0.3 is 4.84 Å². The van der Waals surface area contributed by atoms with Crippen molar-refractivity contribution in [2.24, 2.45) is 5.16 Å². The second kappa shape index (κ2) is 8.91. The van der Waals surface area contributed by atoms with E-state index in [1.165, 1.54) is 16.7 Å². The second-order valence-electron chi connectivity index (χ2n) is 7.54. The molecular formula is C27H27NO. The van der Waals surface area contributed by atoms with E-state index in [9.17, 15) is 0 Å². The SMILES string of the molecule is C=CCCCC1CC(C(c2ccccc2)(c2ccccc2)c2ccccc2)=NO1. The smallest absolute Gasteiger partial charge is 0.132 e. The average molecular weight is 382 g/mol. The molecule has 0 amide bonds. The zero-order valence-corrected chi connectivity index (χ0v) is 16.7. The summed E-state index contributed by atoms with van der Waals surface area (Å²) in [7, 11) is 0. The van der Waals surface area contributed by atoms with E-state index < -0.39 is 5.41 Å². The van der Waals surface area contributed by atoms with Crippen molar-refractivity contribution in [3.8, 4) is 0 Å². The maximum atomic E-state index is 5.94. The molecule has 1 heterocycles. The first-order valence-corrected chi connectivity index (χ1v) is 10.4. The van der Waals surface area contributed by atoms with Gasteiger partial charge in [0, 0.05) is 6.42 Å². The van der Waals surface area contributed by atoms with Crippen molar-refractivity contribution in [2.45, 2.75) is 37.2 Å². The highest BCUT2D eigenvalue weighted by molar-refractivity contribution is 6.02. The lowest BCUT2D eigenvalue weighted by molar-refractivity contribution is 0.0777. The lowest BCUT2D eigenvalue weighted by Crippen LogP contribution is -2.38. The minimum Gasteiger partial charge on any atom is -0.392 e. The Morgan fingerprint density at radius 1 is 0.828 bits per heavy atom. The average Bonchev–Trinajstić information content (AvgIpc) is 3.26. The van der Waals surface area contributed by atoms with Crippen LogP contribution in [0.25, 0.3) is 0 Å². The van der Waals surface area contributed by atoms with E-state index in [0.29, 0.717) is 0 Å². The van der Waals surface area contributed by atoms with Gasteiger partial charge >= 0.3 is 0 Å². The molecule has 0 saturated heterocycles. The largest absolute Gasteiger partial charge is 0.392 e. The van der Waals surface area contributed by atoms with Crippen LogP contribution in [0.4, 0.5) is 0 Å². The molecule has 0 spiro atoms. The second-order valence-corrected chi connectivity index (χ2v) is 7.54. The molecule has 4 rings (SSSR count). The van der Waals surface area contributed by atoms with Crippen LogP contribution in [-0.2, 0) is 10.3 Å². The molecule has 0 saturated carbocycles. The van der Waals surface area contributed by atoms with E-state index in [1.54, 1.807) is 0 Å². The highest BCUT2D eigenvalue weighted by atomic mass is 16.6. The molecular weight excluding hydrogens is 354 g/mol. The van der Waals surface area contributed by atoms with E-state index in [1.807, 2.05) is 6.08 Å². The quantitative estimate of drug-likeness (QED) is 0.247. The van der Waals surface area contributed by atoms with Crippen molar-refractivity contribution >= 4 is 5.71 Å². The van der Waals surface area contributed by atoms with E-state index in [-0.39, 0.29) is 6.10 Å². The van der Waals surface area contributed by atoms with Crippen molar-refractivity contribution in [3.05, 3.63) is 120 Å². The maximum absolute atomic E-state index is 5.94. The number of unbranched alkanes of at least 4 members (excludes halogenated alkanes) is 1. The van der Waals surface area contributed by atoms with Gasteiger partial charge in [-0.3, -0.25) is 0 Å². The number of hydrogen-bond donors (Lipinski definition) is 0. The van der Waals surface area contributed by atoms with Crippen LogP contribution in [-0.4, -0.2) is 11.8 Å². The molecule has 1 atom stereocenters. The fourth-order valence-corrected chi connectivity index (χ4v) is 4.36. The van der Waals surface area contributed by atoms with Gasteiger partial charge in [0.25, 0.3) is 0 Å². The first kappa shape index (κ1) is 19.2. The Morgan fingerprint density at radius 3 is 1.76 bits per heavy atom. The third-order valence-electron chi connectivity index (χ3n) is 5.72. The Balaban J connectivity index is 1.85. The van der Waals surface area contributed by atoms with Crippen molar-refractivity contribution in [2.75, 3.05) is 0 Å². The zero-order valence-electron chi connectivity index (χ0n) is 16.7. The molecule has 0 aromatic heterocycles. The van der Waals surface area contributed by atoms with Crippen molar-refractivity contribution < 1.29 is 4.84 Å². The predicted molar refractivity (Wildman–Crippen MR) is 120 cm³/mol. The number of benzene rings is 3. The Labute approximate surface area is 173 Å². The highest BCUT2D eigenvalue weighted by Gasteiger charge is 2.44. The molecule has 3 aromatic rings. The molecule has 29 heavy (non-hydrogen) atoms. The molecule has 0 bridgehead atoms. The summed E-state index contributed by atoms with van der Waals surface area (Å²) in [5.41, 5.74) is 4.26. The van der Waals surface area contributed by atoms with Gasteiger partial charge in [-0.1, -0.05) is 102 Å². The Hall–Kier alpha value is -3.13. The van der Waals surface area contributed by atoms with Crippen LogP contribution < -0.4 is 0 Å². The molecule has 0 fully saturated rings. The van der Waals surface area contributed by atoms with Crippen LogP contribution in [0.2, 0.25) is 0 Å². The minimum atomic E-state index is -0.461. The van der Waals surface area contributed by atoms with Gasteiger partial charge in [0.2, 0.25) is 0 Å². The van der Waals surface area contributed by atoms with Crippen LogP contribution in [0, 0.1) is 0 Å². The van der Waals surface area contributed by atoms with Crippen molar-refractivity contribution in [1.29, 1.82) is 0 Å². The standard InChI is InChI=1S/C27H27NO/c1-2-3-7-20-25-21-26(28-29-25)27(22-14-8-4-9-15-22,23-16-10-5-11-17-23)24-18-12-6-13-19-24/h2,4-6,8-19,25H,1,3,7,20-21H2. The minimum absolute atomic E-state index is 0.125. The topological polar surface area (TPSA) is 21.6 Å². The summed E-state index contributed by atoms with van der Waals surface area (Å²) in [6, 6.07) is 32.0. The highest BCUT2D eigenvalue weighted by Crippen LogP contribution is 2.43. The summed E-state index contributed by atoms with van der Waals surface area (Å²) < 4.78 is 0. The van der Waals surface area contributed by atoms with Crippen LogP contribution in [0.5, 0.6) is 0 Å². The fourth-order valence-electron chi connectivity index (χ4n) is 4.36. The summed E-state index contributed by atoms with van der Waals surface area (Å²) in [5, 5.41) is 4.69. The third kappa shape index (κ3) is 3.75. The van der Waals surface area contributed by atoms with Gasteiger partial charge in [0.15, 0.2) is 0 Å². The van der Waals surface area contributed by atoms with E-state index in [0.717, 1.165) is 31.4 Å². The number of oxime groups is 1.